The lowest BCUT2D eigenvalue weighted by Gasteiger charge is -2.40. The number of aryl methyl sites for hydroxylation is 2. The second-order valence-corrected chi connectivity index (χ2v) is 13.4. The molecule has 3 rings (SSSR count). The minimum Gasteiger partial charge on any atom is -0.368 e. The molecule has 1 saturated carbocycles. The molecule has 0 aromatic heterocycles. The maximum Gasteiger partial charge on any atom is 0.453 e. The predicted octanol–water partition coefficient (Wildman–Crippen LogP) is 3.66. The summed E-state index contributed by atoms with van der Waals surface area (Å²) < 4.78 is 91.9. The van der Waals surface area contributed by atoms with E-state index < -0.39 is 57.7 Å². The van der Waals surface area contributed by atoms with Gasteiger partial charge in [-0.15, -0.1) is 0 Å². The van der Waals surface area contributed by atoms with Crippen molar-refractivity contribution in [3.63, 3.8) is 0 Å². The van der Waals surface area contributed by atoms with Gasteiger partial charge in [-0.2, -0.15) is 22.0 Å². The lowest BCUT2D eigenvalue weighted by atomic mass is 9.78. The van der Waals surface area contributed by atoms with Crippen molar-refractivity contribution in [3.05, 3.63) is 29.3 Å². The molecular weight excluding hydrogens is 587 g/mol. The summed E-state index contributed by atoms with van der Waals surface area (Å²) in [7, 11) is -3.73. The summed E-state index contributed by atoms with van der Waals surface area (Å²) in [6.45, 7) is 3.06. The van der Waals surface area contributed by atoms with E-state index in [4.69, 9.17) is 5.73 Å². The molecule has 1 aromatic rings. The SMILES string of the molecule is CC(=O)Nc1ccc(CCS(=O)(=O)N2CCC(NC(=O)C3CCC(CC(F)(F)C(F)(F)F)CC3)(C(N)=O)CC2)c(C)c1. The molecule has 2 aliphatic rings. The van der Waals surface area contributed by atoms with Crippen molar-refractivity contribution in [2.45, 2.75) is 82.9 Å². The van der Waals surface area contributed by atoms with Crippen LogP contribution in [0.25, 0.3) is 0 Å². The number of benzene rings is 1. The minimum atomic E-state index is -5.63. The summed E-state index contributed by atoms with van der Waals surface area (Å²) in [5.74, 6) is -8.17. The van der Waals surface area contributed by atoms with E-state index in [-0.39, 0.29) is 69.7 Å². The number of carbonyl (C=O) groups excluding carboxylic acids is 3. The van der Waals surface area contributed by atoms with Gasteiger partial charge in [-0.1, -0.05) is 6.07 Å². The number of nitrogens with one attached hydrogen (secondary N) is 2. The number of rotatable bonds is 10. The highest BCUT2D eigenvalue weighted by molar-refractivity contribution is 7.89. The van der Waals surface area contributed by atoms with Crippen LogP contribution in [0.4, 0.5) is 27.6 Å². The van der Waals surface area contributed by atoms with Gasteiger partial charge in [0.05, 0.1) is 5.75 Å². The first-order valence-electron chi connectivity index (χ1n) is 13.8. The van der Waals surface area contributed by atoms with Crippen molar-refractivity contribution in [2.24, 2.45) is 17.6 Å². The molecule has 2 fully saturated rings. The van der Waals surface area contributed by atoms with Crippen LogP contribution in [0.15, 0.2) is 18.2 Å². The molecule has 0 unspecified atom stereocenters. The van der Waals surface area contributed by atoms with Gasteiger partial charge in [-0.3, -0.25) is 14.4 Å². The van der Waals surface area contributed by atoms with Crippen molar-refractivity contribution in [3.8, 4) is 0 Å². The van der Waals surface area contributed by atoms with Crippen molar-refractivity contribution in [2.75, 3.05) is 24.2 Å². The highest BCUT2D eigenvalue weighted by Crippen LogP contribution is 2.44. The van der Waals surface area contributed by atoms with Crippen molar-refractivity contribution in [1.82, 2.24) is 9.62 Å². The standard InChI is InChI=1S/C27H37F5N4O5S/c1-17-15-22(34-18(2)37)8-7-20(17)9-14-42(40,41)36-12-10-25(11-13-36,24(33)39)35-23(38)21-5-3-19(4-6-21)16-26(28,29)27(30,31)32/h7-8,15,19,21H,3-6,9-14,16H2,1-2H3,(H2,33,39)(H,34,37)(H,35,38). The maximum absolute atomic E-state index is 13.4. The monoisotopic (exact) mass is 624 g/mol. The van der Waals surface area contributed by atoms with Gasteiger partial charge in [0.2, 0.25) is 27.7 Å². The third-order valence-electron chi connectivity index (χ3n) is 8.27. The molecule has 0 radical (unpaired) electrons. The second-order valence-electron chi connectivity index (χ2n) is 11.3. The normalized spacial score (nSPS) is 21.9. The molecule has 236 valence electrons. The fourth-order valence-corrected chi connectivity index (χ4v) is 7.12. The maximum atomic E-state index is 13.4. The smallest absolute Gasteiger partial charge is 0.368 e. The number of amides is 3. The number of anilines is 1. The average Bonchev–Trinajstić information content (AvgIpc) is 2.87. The number of alkyl halides is 5. The molecule has 1 aromatic carbocycles. The molecule has 3 amide bonds. The summed E-state index contributed by atoms with van der Waals surface area (Å²) in [4.78, 5) is 36.6. The summed E-state index contributed by atoms with van der Waals surface area (Å²) in [5, 5.41) is 5.32. The number of carbonyl (C=O) groups is 3. The first-order chi connectivity index (χ1) is 19.3. The zero-order chi connectivity index (χ0) is 31.5. The fraction of sp³-hybridized carbons (Fsp3) is 0.667. The van der Waals surface area contributed by atoms with E-state index in [1.165, 1.54) is 11.2 Å². The molecule has 42 heavy (non-hydrogen) atoms. The molecule has 1 aliphatic carbocycles. The highest BCUT2D eigenvalue weighted by atomic mass is 32.2. The van der Waals surface area contributed by atoms with Gasteiger partial charge in [-0.05, 0) is 81.0 Å². The molecule has 15 heteroatoms. The van der Waals surface area contributed by atoms with Crippen LogP contribution in [0, 0.1) is 18.8 Å². The number of primary amides is 1. The number of halogens is 5. The van der Waals surface area contributed by atoms with Gasteiger partial charge in [-0.25, -0.2) is 12.7 Å². The largest absolute Gasteiger partial charge is 0.453 e. The van der Waals surface area contributed by atoms with Gasteiger partial charge in [0.1, 0.15) is 5.54 Å². The highest BCUT2D eigenvalue weighted by Gasteiger charge is 2.58. The van der Waals surface area contributed by atoms with E-state index in [9.17, 15) is 44.8 Å². The Morgan fingerprint density at radius 1 is 1.05 bits per heavy atom. The molecule has 9 nitrogen and oxygen atoms in total. The third-order valence-corrected chi connectivity index (χ3v) is 10.1. The van der Waals surface area contributed by atoms with Crippen LogP contribution in [0.3, 0.4) is 0 Å². The first kappa shape index (κ1) is 33.7. The Morgan fingerprint density at radius 2 is 1.64 bits per heavy atom. The second kappa shape index (κ2) is 12.8. The Hall–Kier alpha value is -2.81. The summed E-state index contributed by atoms with van der Waals surface area (Å²) in [5.41, 5.74) is 6.33. The Balaban J connectivity index is 1.54. The van der Waals surface area contributed by atoms with Gasteiger partial charge < -0.3 is 16.4 Å². The number of hydrogen-bond acceptors (Lipinski definition) is 5. The van der Waals surface area contributed by atoms with Crippen LogP contribution in [0.5, 0.6) is 0 Å². The predicted molar refractivity (Wildman–Crippen MR) is 145 cm³/mol. The van der Waals surface area contributed by atoms with Crippen LogP contribution in [-0.4, -0.2) is 66.9 Å². The van der Waals surface area contributed by atoms with Crippen molar-refractivity contribution < 1.29 is 44.8 Å². The Labute approximate surface area is 241 Å². The topological polar surface area (TPSA) is 139 Å². The van der Waals surface area contributed by atoms with E-state index in [1.54, 1.807) is 18.2 Å². The quantitative estimate of drug-likeness (QED) is 0.341. The van der Waals surface area contributed by atoms with Crippen LogP contribution in [-0.2, 0) is 30.8 Å². The number of nitrogens with two attached hydrogens (primary N) is 1. The summed E-state index contributed by atoms with van der Waals surface area (Å²) in [6.07, 6.45) is -6.67. The molecule has 0 bridgehead atoms. The Kier molecular flexibility index (Phi) is 10.3. The number of hydrogen-bond donors (Lipinski definition) is 3. The molecule has 1 aliphatic heterocycles. The van der Waals surface area contributed by atoms with Crippen LogP contribution >= 0.6 is 0 Å². The molecule has 1 heterocycles. The molecule has 0 spiro atoms. The lowest BCUT2D eigenvalue weighted by Crippen LogP contribution is -2.63. The van der Waals surface area contributed by atoms with Gasteiger partial charge >= 0.3 is 12.1 Å². The lowest BCUT2D eigenvalue weighted by molar-refractivity contribution is -0.288. The van der Waals surface area contributed by atoms with Gasteiger partial charge in [0.15, 0.2) is 0 Å². The zero-order valence-corrected chi connectivity index (χ0v) is 24.3. The van der Waals surface area contributed by atoms with Crippen LogP contribution in [0.1, 0.15) is 63.0 Å². The van der Waals surface area contributed by atoms with E-state index in [0.717, 1.165) is 11.1 Å². The van der Waals surface area contributed by atoms with E-state index in [1.807, 2.05) is 6.92 Å². The molecular formula is C27H37F5N4O5S. The minimum absolute atomic E-state index is 0.00872. The van der Waals surface area contributed by atoms with Crippen LogP contribution in [0.2, 0.25) is 0 Å². The molecule has 0 atom stereocenters. The third kappa shape index (κ3) is 8.17. The van der Waals surface area contributed by atoms with E-state index in [0.29, 0.717) is 5.69 Å². The average molecular weight is 625 g/mol. The fourth-order valence-electron chi connectivity index (χ4n) is 5.65. The van der Waals surface area contributed by atoms with Gasteiger partial charge in [0.25, 0.3) is 0 Å². The summed E-state index contributed by atoms with van der Waals surface area (Å²) >= 11 is 0. The number of piperidine rings is 1. The number of sulfonamides is 1. The summed E-state index contributed by atoms with van der Waals surface area (Å²) in [6, 6.07) is 5.18. The van der Waals surface area contributed by atoms with Crippen LogP contribution < -0.4 is 16.4 Å². The Morgan fingerprint density at radius 3 is 2.14 bits per heavy atom. The first-order valence-corrected chi connectivity index (χ1v) is 15.4. The van der Waals surface area contributed by atoms with E-state index >= 15 is 0 Å². The Bertz CT molecular complexity index is 1270. The van der Waals surface area contributed by atoms with Crippen molar-refractivity contribution in [1.29, 1.82) is 0 Å². The van der Waals surface area contributed by atoms with E-state index in [2.05, 4.69) is 10.6 Å². The van der Waals surface area contributed by atoms with Gasteiger partial charge in [0, 0.05) is 38.0 Å². The number of nitrogens with zero attached hydrogens (tertiary/aromatic N) is 1. The molecule has 1 saturated heterocycles. The molecule has 4 N–H and O–H groups in total. The van der Waals surface area contributed by atoms with Crippen molar-refractivity contribution >= 4 is 33.4 Å². The zero-order valence-electron chi connectivity index (χ0n) is 23.5.